The van der Waals surface area contributed by atoms with Gasteiger partial charge >= 0.3 is 0 Å². The Morgan fingerprint density at radius 2 is 2.36 bits per heavy atom. The SMILES string of the molecule is C#CCNC(=O)CN(CC)CCC#N. The van der Waals surface area contributed by atoms with Gasteiger partial charge < -0.3 is 5.32 Å². The van der Waals surface area contributed by atoms with E-state index in [1.807, 2.05) is 17.9 Å². The standard InChI is InChI=1S/C10H15N3O/c1-3-7-12-10(14)9-13(4-2)8-5-6-11/h1H,4-5,7-9H2,2H3,(H,12,14). The molecule has 0 fully saturated rings. The number of likely N-dealkylation sites (N-methyl/N-ethyl adjacent to an activating group) is 1. The maximum absolute atomic E-state index is 11.2. The van der Waals surface area contributed by atoms with Crippen molar-refractivity contribution in [2.24, 2.45) is 0 Å². The number of nitrogens with one attached hydrogen (secondary N) is 1. The summed E-state index contributed by atoms with van der Waals surface area (Å²) < 4.78 is 0. The smallest absolute Gasteiger partial charge is 0.234 e. The first-order chi connectivity index (χ1) is 6.74. The first-order valence-electron chi connectivity index (χ1n) is 4.54. The number of nitriles is 1. The van der Waals surface area contributed by atoms with Gasteiger partial charge in [0.15, 0.2) is 0 Å². The van der Waals surface area contributed by atoms with Crippen LogP contribution in [0.4, 0.5) is 0 Å². The van der Waals surface area contributed by atoms with Crippen molar-refractivity contribution in [1.29, 1.82) is 5.26 Å². The highest BCUT2D eigenvalue weighted by atomic mass is 16.2. The summed E-state index contributed by atoms with van der Waals surface area (Å²) >= 11 is 0. The van der Waals surface area contributed by atoms with Crippen molar-refractivity contribution in [3.05, 3.63) is 0 Å². The molecule has 1 amide bonds. The number of nitrogens with zero attached hydrogens (tertiary/aromatic N) is 2. The number of hydrogen-bond donors (Lipinski definition) is 1. The Morgan fingerprint density at radius 1 is 1.64 bits per heavy atom. The Hall–Kier alpha value is -1.52. The van der Waals surface area contributed by atoms with Gasteiger partial charge in [0.25, 0.3) is 0 Å². The van der Waals surface area contributed by atoms with E-state index in [1.165, 1.54) is 0 Å². The number of amides is 1. The van der Waals surface area contributed by atoms with Crippen molar-refractivity contribution in [3.8, 4) is 18.4 Å². The monoisotopic (exact) mass is 193 g/mol. The maximum atomic E-state index is 11.2. The molecule has 0 aromatic heterocycles. The largest absolute Gasteiger partial charge is 0.344 e. The molecule has 0 aliphatic heterocycles. The third kappa shape index (κ3) is 6.05. The number of rotatable bonds is 6. The van der Waals surface area contributed by atoms with Crippen molar-refractivity contribution in [1.82, 2.24) is 10.2 Å². The lowest BCUT2D eigenvalue weighted by molar-refractivity contribution is -0.121. The van der Waals surface area contributed by atoms with Crippen molar-refractivity contribution in [2.75, 3.05) is 26.2 Å². The fraction of sp³-hybridized carbons (Fsp3) is 0.600. The molecule has 0 saturated heterocycles. The van der Waals surface area contributed by atoms with E-state index in [0.29, 0.717) is 19.5 Å². The zero-order chi connectivity index (χ0) is 10.8. The van der Waals surface area contributed by atoms with Crippen LogP contribution in [0.3, 0.4) is 0 Å². The van der Waals surface area contributed by atoms with Gasteiger partial charge in [-0.15, -0.1) is 6.42 Å². The molecule has 0 saturated carbocycles. The fourth-order valence-corrected chi connectivity index (χ4v) is 0.966. The summed E-state index contributed by atoms with van der Waals surface area (Å²) in [5.41, 5.74) is 0. The van der Waals surface area contributed by atoms with Gasteiger partial charge in [-0.3, -0.25) is 9.69 Å². The number of hydrogen-bond acceptors (Lipinski definition) is 3. The topological polar surface area (TPSA) is 56.1 Å². The number of terminal acetylenes is 1. The molecule has 0 rings (SSSR count). The van der Waals surface area contributed by atoms with Crippen LogP contribution in [-0.4, -0.2) is 37.0 Å². The fourth-order valence-electron chi connectivity index (χ4n) is 0.966. The van der Waals surface area contributed by atoms with E-state index in [4.69, 9.17) is 11.7 Å². The Bertz CT molecular complexity index is 249. The van der Waals surface area contributed by atoms with Crippen LogP contribution in [0.15, 0.2) is 0 Å². The Balaban J connectivity index is 3.76. The minimum absolute atomic E-state index is 0.0947. The molecule has 4 heteroatoms. The Morgan fingerprint density at radius 3 is 2.86 bits per heavy atom. The predicted octanol–water partition coefficient (Wildman–Crippen LogP) is -0.0286. The second kappa shape index (κ2) is 8.10. The molecule has 0 heterocycles. The molecule has 14 heavy (non-hydrogen) atoms. The zero-order valence-corrected chi connectivity index (χ0v) is 8.42. The van der Waals surface area contributed by atoms with Crippen molar-refractivity contribution >= 4 is 5.91 Å². The van der Waals surface area contributed by atoms with E-state index in [0.717, 1.165) is 6.54 Å². The third-order valence-corrected chi connectivity index (χ3v) is 1.74. The molecule has 76 valence electrons. The molecule has 0 unspecified atom stereocenters. The van der Waals surface area contributed by atoms with E-state index < -0.39 is 0 Å². The normalized spacial score (nSPS) is 9.14. The van der Waals surface area contributed by atoms with Crippen molar-refractivity contribution in [3.63, 3.8) is 0 Å². The molecule has 1 N–H and O–H groups in total. The average Bonchev–Trinajstić information content (AvgIpc) is 2.21. The van der Waals surface area contributed by atoms with Crippen LogP contribution in [0.25, 0.3) is 0 Å². The second-order valence-electron chi connectivity index (χ2n) is 2.76. The van der Waals surface area contributed by atoms with Crippen LogP contribution >= 0.6 is 0 Å². The summed E-state index contributed by atoms with van der Waals surface area (Å²) in [7, 11) is 0. The number of carbonyl (C=O) groups is 1. The van der Waals surface area contributed by atoms with Gasteiger partial charge in [-0.1, -0.05) is 12.8 Å². The van der Waals surface area contributed by atoms with Crippen LogP contribution < -0.4 is 5.32 Å². The molecular weight excluding hydrogens is 178 g/mol. The highest BCUT2D eigenvalue weighted by Crippen LogP contribution is 1.89. The highest BCUT2D eigenvalue weighted by molar-refractivity contribution is 5.78. The van der Waals surface area contributed by atoms with Gasteiger partial charge in [0.05, 0.1) is 19.2 Å². The van der Waals surface area contributed by atoms with Crippen molar-refractivity contribution in [2.45, 2.75) is 13.3 Å². The molecule has 0 bridgehead atoms. The molecule has 0 aromatic rings. The van der Waals surface area contributed by atoms with E-state index >= 15 is 0 Å². The van der Waals surface area contributed by atoms with Crippen molar-refractivity contribution < 1.29 is 4.79 Å². The molecule has 0 atom stereocenters. The summed E-state index contributed by atoms with van der Waals surface area (Å²) in [6.45, 7) is 3.89. The van der Waals surface area contributed by atoms with E-state index in [2.05, 4.69) is 11.2 Å². The quantitative estimate of drug-likeness (QED) is 0.603. The highest BCUT2D eigenvalue weighted by Gasteiger charge is 2.07. The van der Waals surface area contributed by atoms with Gasteiger partial charge in [0.2, 0.25) is 5.91 Å². The van der Waals surface area contributed by atoms with Gasteiger partial charge in [-0.25, -0.2) is 0 Å². The maximum Gasteiger partial charge on any atom is 0.234 e. The van der Waals surface area contributed by atoms with E-state index in [1.54, 1.807) is 0 Å². The first kappa shape index (κ1) is 12.5. The summed E-state index contributed by atoms with van der Waals surface area (Å²) in [5, 5.41) is 11.0. The molecule has 0 aliphatic rings. The summed E-state index contributed by atoms with van der Waals surface area (Å²) in [5.74, 6) is 2.24. The van der Waals surface area contributed by atoms with Gasteiger partial charge in [-0.2, -0.15) is 5.26 Å². The van der Waals surface area contributed by atoms with Gasteiger partial charge in [0.1, 0.15) is 0 Å². The summed E-state index contributed by atoms with van der Waals surface area (Å²) in [6, 6.07) is 2.04. The van der Waals surface area contributed by atoms with Crippen LogP contribution in [0.5, 0.6) is 0 Å². The molecule has 0 aromatic carbocycles. The van der Waals surface area contributed by atoms with Crippen LogP contribution in [-0.2, 0) is 4.79 Å². The Kier molecular flexibility index (Phi) is 7.22. The first-order valence-corrected chi connectivity index (χ1v) is 4.54. The second-order valence-corrected chi connectivity index (χ2v) is 2.76. The number of carbonyl (C=O) groups excluding carboxylic acids is 1. The summed E-state index contributed by atoms with van der Waals surface area (Å²) in [4.78, 5) is 13.1. The average molecular weight is 193 g/mol. The Labute approximate surface area is 84.9 Å². The lowest BCUT2D eigenvalue weighted by Gasteiger charge is -2.17. The van der Waals surface area contributed by atoms with E-state index in [-0.39, 0.29) is 12.5 Å². The predicted molar refractivity (Wildman–Crippen MR) is 54.2 cm³/mol. The molecule has 0 spiro atoms. The van der Waals surface area contributed by atoms with Crippen LogP contribution in [0.2, 0.25) is 0 Å². The third-order valence-electron chi connectivity index (χ3n) is 1.74. The van der Waals surface area contributed by atoms with Gasteiger partial charge in [0, 0.05) is 13.0 Å². The lowest BCUT2D eigenvalue weighted by atomic mass is 10.4. The molecule has 0 aliphatic carbocycles. The zero-order valence-electron chi connectivity index (χ0n) is 8.42. The summed E-state index contributed by atoms with van der Waals surface area (Å²) in [6.07, 6.45) is 5.44. The van der Waals surface area contributed by atoms with Crippen LogP contribution in [0.1, 0.15) is 13.3 Å². The van der Waals surface area contributed by atoms with Gasteiger partial charge in [-0.05, 0) is 6.54 Å². The molecule has 0 radical (unpaired) electrons. The minimum Gasteiger partial charge on any atom is -0.344 e. The molecule has 4 nitrogen and oxygen atoms in total. The molecular formula is C10H15N3O. The van der Waals surface area contributed by atoms with E-state index in [9.17, 15) is 4.79 Å². The van der Waals surface area contributed by atoms with Crippen LogP contribution in [0, 0.1) is 23.7 Å². The lowest BCUT2D eigenvalue weighted by Crippen LogP contribution is -2.37. The minimum atomic E-state index is -0.0947.